The van der Waals surface area contributed by atoms with Crippen LogP contribution in [-0.2, 0) is 26.8 Å². The van der Waals surface area contributed by atoms with Gasteiger partial charge in [0, 0.05) is 11.4 Å². The minimum absolute atomic E-state index is 0.248. The Morgan fingerprint density at radius 3 is 1.65 bits per heavy atom. The Morgan fingerprint density at radius 1 is 0.871 bits per heavy atom. The molecule has 0 aliphatic rings. The number of nitrogens with one attached hydrogen (secondary N) is 2. The second kappa shape index (κ2) is 9.49. The summed E-state index contributed by atoms with van der Waals surface area (Å²) in [6.07, 6.45) is -8.55. The average molecular weight is 447 g/mol. The summed E-state index contributed by atoms with van der Waals surface area (Å²) in [4.78, 5) is 29.3. The summed E-state index contributed by atoms with van der Waals surface area (Å²) >= 11 is 0. The summed E-state index contributed by atoms with van der Waals surface area (Å²) in [7, 11) is 1.11. The van der Waals surface area contributed by atoms with Crippen LogP contribution in [0.4, 0.5) is 37.7 Å². The first kappa shape index (κ1) is 23.7. The number of oxime groups is 1. The average Bonchev–Trinajstić information content (AvgIpc) is 2.67. The van der Waals surface area contributed by atoms with Crippen LogP contribution in [0, 0.1) is 5.92 Å². The number of carbonyl (C=O) groups excluding carboxylic acids is 2. The van der Waals surface area contributed by atoms with Crippen molar-refractivity contribution >= 4 is 29.4 Å². The molecule has 0 saturated heterocycles. The first-order chi connectivity index (χ1) is 14.4. The molecule has 2 amide bonds. The predicted octanol–water partition coefficient (Wildman–Crippen LogP) is 4.55. The third-order valence-electron chi connectivity index (χ3n) is 3.80. The van der Waals surface area contributed by atoms with Crippen LogP contribution in [0.1, 0.15) is 11.1 Å². The predicted molar refractivity (Wildman–Crippen MR) is 99.1 cm³/mol. The second-order valence-electron chi connectivity index (χ2n) is 6.05. The maximum Gasteiger partial charge on any atom is 0.416 e. The number of nitrogens with zero attached hydrogens (tertiary/aromatic N) is 1. The molecule has 0 bridgehead atoms. The first-order valence-electron chi connectivity index (χ1n) is 8.44. The standard InChI is InChI=1S/C19H15F6N3O3/c1-31-26-10-15(16(29)27-13-6-2-4-11(8-13)18(20,21)22)17(30)28-14-7-3-5-12(9-14)19(23,24)25/h2-10,15H,1H3,(H,27,29)(H,28,30)/b26-10-. The molecule has 0 saturated carbocycles. The first-order valence-corrected chi connectivity index (χ1v) is 8.44. The minimum Gasteiger partial charge on any atom is -0.399 e. The lowest BCUT2D eigenvalue weighted by atomic mass is 10.1. The molecule has 31 heavy (non-hydrogen) atoms. The van der Waals surface area contributed by atoms with E-state index in [1.807, 2.05) is 0 Å². The number of amides is 2. The quantitative estimate of drug-likeness (QED) is 0.295. The van der Waals surface area contributed by atoms with Crippen LogP contribution in [0.5, 0.6) is 0 Å². The van der Waals surface area contributed by atoms with Crippen LogP contribution < -0.4 is 10.6 Å². The molecule has 0 heterocycles. The third kappa shape index (κ3) is 6.73. The van der Waals surface area contributed by atoms with Crippen LogP contribution in [0.2, 0.25) is 0 Å². The molecular formula is C19H15F6N3O3. The van der Waals surface area contributed by atoms with Gasteiger partial charge >= 0.3 is 12.4 Å². The largest absolute Gasteiger partial charge is 0.416 e. The molecule has 0 fully saturated rings. The maximum atomic E-state index is 12.8. The zero-order valence-corrected chi connectivity index (χ0v) is 15.7. The maximum absolute atomic E-state index is 12.8. The summed E-state index contributed by atoms with van der Waals surface area (Å²) < 4.78 is 76.9. The van der Waals surface area contributed by atoms with Crippen molar-refractivity contribution in [3.05, 3.63) is 59.7 Å². The molecule has 2 aromatic carbocycles. The Kier molecular flexibility index (Phi) is 7.26. The monoisotopic (exact) mass is 447 g/mol. The van der Waals surface area contributed by atoms with E-state index in [-0.39, 0.29) is 11.4 Å². The van der Waals surface area contributed by atoms with Crippen LogP contribution in [-0.4, -0.2) is 25.1 Å². The van der Waals surface area contributed by atoms with E-state index in [4.69, 9.17) is 0 Å². The molecular weight excluding hydrogens is 432 g/mol. The number of alkyl halides is 6. The van der Waals surface area contributed by atoms with Crippen LogP contribution in [0.15, 0.2) is 53.7 Å². The number of benzene rings is 2. The minimum atomic E-state index is -4.65. The summed E-state index contributed by atoms with van der Waals surface area (Å²) in [5.74, 6) is -3.88. The van der Waals surface area contributed by atoms with Gasteiger partial charge in [-0.2, -0.15) is 26.3 Å². The Bertz CT molecular complexity index is 901. The molecule has 166 valence electrons. The highest BCUT2D eigenvalue weighted by Gasteiger charge is 2.32. The van der Waals surface area contributed by atoms with Gasteiger partial charge in [-0.15, -0.1) is 0 Å². The molecule has 0 unspecified atom stereocenters. The van der Waals surface area contributed by atoms with Crippen molar-refractivity contribution in [2.75, 3.05) is 17.7 Å². The van der Waals surface area contributed by atoms with E-state index in [0.717, 1.165) is 37.6 Å². The number of carbonyl (C=O) groups is 2. The molecule has 0 atom stereocenters. The van der Waals surface area contributed by atoms with Gasteiger partial charge in [-0.1, -0.05) is 17.3 Å². The van der Waals surface area contributed by atoms with Crippen molar-refractivity contribution in [3.63, 3.8) is 0 Å². The van der Waals surface area contributed by atoms with Crippen molar-refractivity contribution in [1.82, 2.24) is 0 Å². The summed E-state index contributed by atoms with van der Waals surface area (Å²) in [6, 6.07) is 7.35. The fourth-order valence-corrected chi connectivity index (χ4v) is 2.36. The fraction of sp³-hybridized carbons (Fsp3) is 0.211. The normalized spacial score (nSPS) is 12.1. The molecule has 0 aromatic heterocycles. The number of hydrogen-bond acceptors (Lipinski definition) is 4. The van der Waals surface area contributed by atoms with E-state index in [1.165, 1.54) is 12.1 Å². The van der Waals surface area contributed by atoms with Crippen molar-refractivity contribution in [2.45, 2.75) is 12.4 Å². The number of halogens is 6. The smallest absolute Gasteiger partial charge is 0.399 e. The molecule has 0 aliphatic heterocycles. The molecule has 6 nitrogen and oxygen atoms in total. The Balaban J connectivity index is 2.22. The highest BCUT2D eigenvalue weighted by atomic mass is 19.4. The van der Waals surface area contributed by atoms with Gasteiger partial charge < -0.3 is 15.5 Å². The summed E-state index contributed by atoms with van der Waals surface area (Å²) in [5.41, 5.74) is -2.55. The Hall–Kier alpha value is -3.57. The van der Waals surface area contributed by atoms with Crippen molar-refractivity contribution < 1.29 is 40.8 Å². The molecule has 0 spiro atoms. The van der Waals surface area contributed by atoms with Crippen LogP contribution >= 0.6 is 0 Å². The van der Waals surface area contributed by atoms with E-state index in [9.17, 15) is 35.9 Å². The SMILES string of the molecule is CO/N=C\C(C(=O)Nc1cccc(C(F)(F)F)c1)C(=O)Nc1cccc(C(F)(F)F)c1. The van der Waals surface area contributed by atoms with Gasteiger partial charge in [0.15, 0.2) is 5.92 Å². The second-order valence-corrected chi connectivity index (χ2v) is 6.05. The lowest BCUT2D eigenvalue weighted by Crippen LogP contribution is -2.35. The Morgan fingerprint density at radius 2 is 1.29 bits per heavy atom. The number of rotatable bonds is 6. The van der Waals surface area contributed by atoms with Gasteiger partial charge in [-0.3, -0.25) is 9.59 Å². The lowest BCUT2D eigenvalue weighted by Gasteiger charge is -2.15. The van der Waals surface area contributed by atoms with Crippen LogP contribution in [0.3, 0.4) is 0 Å². The Labute approximate surface area is 171 Å². The number of anilines is 2. The fourth-order valence-electron chi connectivity index (χ4n) is 2.36. The molecule has 0 aliphatic carbocycles. The van der Waals surface area contributed by atoms with Gasteiger partial charge in [0.2, 0.25) is 11.8 Å². The van der Waals surface area contributed by atoms with E-state index in [2.05, 4.69) is 20.6 Å². The van der Waals surface area contributed by atoms with E-state index in [1.54, 1.807) is 0 Å². The van der Waals surface area contributed by atoms with E-state index >= 15 is 0 Å². The topological polar surface area (TPSA) is 79.8 Å². The third-order valence-corrected chi connectivity index (χ3v) is 3.80. The molecule has 0 radical (unpaired) electrons. The lowest BCUT2D eigenvalue weighted by molar-refractivity contribution is -0.138. The molecule has 2 N–H and O–H groups in total. The highest BCUT2D eigenvalue weighted by Crippen LogP contribution is 2.31. The van der Waals surface area contributed by atoms with Crippen molar-refractivity contribution in [1.29, 1.82) is 0 Å². The van der Waals surface area contributed by atoms with Crippen molar-refractivity contribution in [3.8, 4) is 0 Å². The molecule has 2 aromatic rings. The van der Waals surface area contributed by atoms with Gasteiger partial charge in [0.05, 0.1) is 17.3 Å². The van der Waals surface area contributed by atoms with Gasteiger partial charge in [-0.05, 0) is 36.4 Å². The zero-order chi connectivity index (χ0) is 23.2. The van der Waals surface area contributed by atoms with Gasteiger partial charge in [0.25, 0.3) is 0 Å². The molecule has 2 rings (SSSR count). The summed E-state index contributed by atoms with van der Waals surface area (Å²) in [5, 5.41) is 7.58. The summed E-state index contributed by atoms with van der Waals surface area (Å²) in [6.45, 7) is 0. The van der Waals surface area contributed by atoms with Crippen LogP contribution in [0.25, 0.3) is 0 Å². The van der Waals surface area contributed by atoms with Gasteiger partial charge in [0.1, 0.15) is 7.11 Å². The van der Waals surface area contributed by atoms with E-state index < -0.39 is 41.2 Å². The van der Waals surface area contributed by atoms with Gasteiger partial charge in [-0.25, -0.2) is 0 Å². The highest BCUT2D eigenvalue weighted by molar-refractivity contribution is 6.20. The van der Waals surface area contributed by atoms with E-state index in [0.29, 0.717) is 12.1 Å². The molecule has 12 heteroatoms. The van der Waals surface area contributed by atoms with Crippen molar-refractivity contribution in [2.24, 2.45) is 11.1 Å². The number of hydrogen-bond donors (Lipinski definition) is 2. The zero-order valence-electron chi connectivity index (χ0n) is 15.7.